The standard InChI is InChI=1S/C12H28NO6/c1-13(2,3)4-10(15)6-18-8-12(17)9-19-7-11(16)5-14/h10-12,14-17H,4-9H2,1-3H3/q+1. The highest BCUT2D eigenvalue weighted by atomic mass is 16.5. The molecular formula is C12H28NO6+. The van der Waals surface area contributed by atoms with E-state index in [9.17, 15) is 10.2 Å². The molecule has 0 rings (SSSR count). The molecule has 0 saturated heterocycles. The van der Waals surface area contributed by atoms with Crippen LogP contribution in [0.15, 0.2) is 0 Å². The zero-order valence-corrected chi connectivity index (χ0v) is 12.0. The third kappa shape index (κ3) is 12.5. The monoisotopic (exact) mass is 282 g/mol. The maximum Gasteiger partial charge on any atom is 0.126 e. The number of quaternary nitrogens is 1. The molecule has 0 fully saturated rings. The van der Waals surface area contributed by atoms with Gasteiger partial charge in [0.25, 0.3) is 0 Å². The third-order valence-electron chi connectivity index (χ3n) is 2.21. The molecule has 0 aromatic carbocycles. The Hall–Kier alpha value is -0.280. The van der Waals surface area contributed by atoms with Crippen molar-refractivity contribution in [2.75, 3.05) is 60.7 Å². The second-order valence-electron chi connectivity index (χ2n) is 5.69. The van der Waals surface area contributed by atoms with Gasteiger partial charge in [-0.2, -0.15) is 0 Å². The predicted octanol–water partition coefficient (Wildman–Crippen LogP) is -2.20. The number of aliphatic hydroxyl groups excluding tert-OH is 4. The molecule has 0 amide bonds. The van der Waals surface area contributed by atoms with Crippen LogP contribution < -0.4 is 0 Å². The molecular weight excluding hydrogens is 254 g/mol. The molecule has 3 atom stereocenters. The molecule has 0 aliphatic carbocycles. The lowest BCUT2D eigenvalue weighted by Crippen LogP contribution is -2.43. The average molecular weight is 282 g/mol. The van der Waals surface area contributed by atoms with E-state index in [1.165, 1.54) is 0 Å². The Kier molecular flexibility index (Phi) is 9.46. The van der Waals surface area contributed by atoms with Gasteiger partial charge in [-0.3, -0.25) is 0 Å². The predicted molar refractivity (Wildman–Crippen MR) is 69.6 cm³/mol. The van der Waals surface area contributed by atoms with Gasteiger partial charge in [-0.1, -0.05) is 0 Å². The van der Waals surface area contributed by atoms with Gasteiger partial charge in [-0.25, -0.2) is 0 Å². The van der Waals surface area contributed by atoms with Crippen molar-refractivity contribution in [1.29, 1.82) is 0 Å². The van der Waals surface area contributed by atoms with Crippen LogP contribution in [0.25, 0.3) is 0 Å². The maximum absolute atomic E-state index is 9.66. The summed E-state index contributed by atoms with van der Waals surface area (Å²) < 4.78 is 10.8. The van der Waals surface area contributed by atoms with Gasteiger partial charge in [-0.05, 0) is 0 Å². The van der Waals surface area contributed by atoms with Gasteiger partial charge in [0.1, 0.15) is 24.9 Å². The van der Waals surface area contributed by atoms with Crippen LogP contribution in [-0.4, -0.2) is 104 Å². The van der Waals surface area contributed by atoms with Gasteiger partial charge >= 0.3 is 0 Å². The minimum Gasteiger partial charge on any atom is -0.394 e. The van der Waals surface area contributed by atoms with Crippen molar-refractivity contribution in [2.24, 2.45) is 0 Å². The van der Waals surface area contributed by atoms with Gasteiger partial charge in [0, 0.05) is 0 Å². The van der Waals surface area contributed by atoms with Crippen LogP contribution in [0.1, 0.15) is 0 Å². The lowest BCUT2D eigenvalue weighted by atomic mass is 10.3. The number of nitrogens with zero attached hydrogens (tertiary/aromatic N) is 1. The summed E-state index contributed by atoms with van der Waals surface area (Å²) in [5, 5.41) is 36.7. The van der Waals surface area contributed by atoms with Crippen molar-refractivity contribution < 1.29 is 34.4 Å². The fourth-order valence-corrected chi connectivity index (χ4v) is 1.47. The Morgan fingerprint density at radius 3 is 1.63 bits per heavy atom. The summed E-state index contributed by atoms with van der Waals surface area (Å²) in [5.41, 5.74) is 0. The number of ether oxygens (including phenoxy) is 2. The van der Waals surface area contributed by atoms with E-state index < -0.39 is 18.3 Å². The molecule has 116 valence electrons. The van der Waals surface area contributed by atoms with Gasteiger partial charge in [-0.15, -0.1) is 0 Å². The normalized spacial score (nSPS) is 17.2. The Bertz CT molecular complexity index is 221. The van der Waals surface area contributed by atoms with Crippen molar-refractivity contribution in [3.8, 4) is 0 Å². The van der Waals surface area contributed by atoms with E-state index in [0.717, 1.165) is 0 Å². The Labute approximate surface area is 114 Å². The Morgan fingerprint density at radius 2 is 1.21 bits per heavy atom. The van der Waals surface area contributed by atoms with E-state index in [1.54, 1.807) is 0 Å². The summed E-state index contributed by atoms with van der Waals surface area (Å²) in [5.74, 6) is 0. The maximum atomic E-state index is 9.66. The van der Waals surface area contributed by atoms with Crippen LogP contribution in [0.2, 0.25) is 0 Å². The Morgan fingerprint density at radius 1 is 0.789 bits per heavy atom. The summed E-state index contributed by atoms with van der Waals surface area (Å²) in [7, 11) is 5.91. The van der Waals surface area contributed by atoms with Crippen molar-refractivity contribution >= 4 is 0 Å². The highest BCUT2D eigenvalue weighted by Crippen LogP contribution is 1.97. The zero-order chi connectivity index (χ0) is 14.9. The summed E-state index contributed by atoms with van der Waals surface area (Å²) in [6, 6.07) is 0. The summed E-state index contributed by atoms with van der Waals surface area (Å²) >= 11 is 0. The van der Waals surface area contributed by atoms with E-state index in [-0.39, 0.29) is 33.0 Å². The number of hydrogen-bond donors (Lipinski definition) is 4. The minimum atomic E-state index is -0.931. The molecule has 0 aromatic heterocycles. The molecule has 0 heterocycles. The lowest BCUT2D eigenvalue weighted by molar-refractivity contribution is -0.873. The fraction of sp³-hybridized carbons (Fsp3) is 1.00. The molecule has 3 unspecified atom stereocenters. The highest BCUT2D eigenvalue weighted by molar-refractivity contribution is 4.56. The largest absolute Gasteiger partial charge is 0.394 e. The number of likely N-dealkylation sites (N-methyl/N-ethyl adjacent to an activating group) is 1. The molecule has 0 aliphatic heterocycles. The molecule has 19 heavy (non-hydrogen) atoms. The molecule has 0 saturated carbocycles. The average Bonchev–Trinajstić information content (AvgIpc) is 2.26. The second-order valence-corrected chi connectivity index (χ2v) is 5.69. The molecule has 0 radical (unpaired) electrons. The Balaban J connectivity index is 3.55. The molecule has 0 aromatic rings. The van der Waals surface area contributed by atoms with E-state index in [2.05, 4.69) is 0 Å². The zero-order valence-electron chi connectivity index (χ0n) is 12.0. The molecule has 0 bridgehead atoms. The van der Waals surface area contributed by atoms with Crippen LogP contribution in [0.3, 0.4) is 0 Å². The van der Waals surface area contributed by atoms with E-state index in [4.69, 9.17) is 19.7 Å². The van der Waals surface area contributed by atoms with E-state index >= 15 is 0 Å². The smallest absolute Gasteiger partial charge is 0.126 e. The number of rotatable bonds is 11. The molecule has 7 nitrogen and oxygen atoms in total. The van der Waals surface area contributed by atoms with E-state index in [0.29, 0.717) is 11.0 Å². The van der Waals surface area contributed by atoms with Gasteiger partial charge < -0.3 is 34.4 Å². The first-order valence-corrected chi connectivity index (χ1v) is 6.35. The van der Waals surface area contributed by atoms with Crippen LogP contribution in [0.4, 0.5) is 0 Å². The van der Waals surface area contributed by atoms with Crippen LogP contribution in [0, 0.1) is 0 Å². The molecule has 0 aliphatic rings. The van der Waals surface area contributed by atoms with Gasteiger partial charge in [0.2, 0.25) is 0 Å². The number of hydrogen-bond acceptors (Lipinski definition) is 6. The van der Waals surface area contributed by atoms with Crippen molar-refractivity contribution in [1.82, 2.24) is 0 Å². The minimum absolute atomic E-state index is 0.0164. The quantitative estimate of drug-likeness (QED) is 0.321. The van der Waals surface area contributed by atoms with Gasteiger partial charge in [0.15, 0.2) is 0 Å². The second kappa shape index (κ2) is 9.60. The third-order valence-corrected chi connectivity index (χ3v) is 2.21. The topological polar surface area (TPSA) is 99.4 Å². The van der Waals surface area contributed by atoms with Crippen LogP contribution in [-0.2, 0) is 9.47 Å². The lowest BCUT2D eigenvalue weighted by Gasteiger charge is -2.26. The summed E-state index contributed by atoms with van der Waals surface area (Å²) in [6.45, 7) is 0.397. The van der Waals surface area contributed by atoms with Crippen LogP contribution in [0.5, 0.6) is 0 Å². The fourth-order valence-electron chi connectivity index (χ4n) is 1.47. The highest BCUT2D eigenvalue weighted by Gasteiger charge is 2.16. The van der Waals surface area contributed by atoms with Crippen molar-refractivity contribution in [3.05, 3.63) is 0 Å². The first-order valence-electron chi connectivity index (χ1n) is 6.35. The van der Waals surface area contributed by atoms with E-state index in [1.807, 2.05) is 21.1 Å². The first-order chi connectivity index (χ1) is 8.74. The van der Waals surface area contributed by atoms with Crippen molar-refractivity contribution in [3.63, 3.8) is 0 Å². The van der Waals surface area contributed by atoms with Crippen LogP contribution >= 0.6 is 0 Å². The number of aliphatic hydroxyl groups is 4. The van der Waals surface area contributed by atoms with Gasteiger partial charge in [0.05, 0.1) is 54.2 Å². The molecule has 0 spiro atoms. The summed E-state index contributed by atoms with van der Waals surface area (Å²) in [6.07, 6.45) is -2.33. The first kappa shape index (κ1) is 18.7. The van der Waals surface area contributed by atoms with Crippen molar-refractivity contribution in [2.45, 2.75) is 18.3 Å². The molecule has 4 N–H and O–H groups in total. The molecule has 7 heteroatoms. The summed E-state index contributed by atoms with van der Waals surface area (Å²) in [4.78, 5) is 0. The SMILES string of the molecule is C[N+](C)(C)CC(O)COCC(O)COCC(O)CO.